The number of hydrogen-bond acceptors (Lipinski definition) is 3. The highest BCUT2D eigenvalue weighted by Gasteiger charge is 2.60. The molecule has 5 rings (SSSR count). The van der Waals surface area contributed by atoms with Gasteiger partial charge in [-0.25, -0.2) is 0 Å². The van der Waals surface area contributed by atoms with E-state index in [1.54, 1.807) is 5.57 Å². The molecule has 0 aliphatic heterocycles. The highest BCUT2D eigenvalue weighted by Crippen LogP contribution is 2.69. The van der Waals surface area contributed by atoms with Crippen LogP contribution in [-0.4, -0.2) is 5.97 Å². The molecule has 4 fully saturated rings. The average molecular weight is 414 g/mol. The van der Waals surface area contributed by atoms with E-state index in [4.69, 9.17) is 5.90 Å². The largest absolute Gasteiger partial charge is 0.373 e. The van der Waals surface area contributed by atoms with E-state index in [2.05, 4.69) is 38.6 Å². The molecule has 30 heavy (non-hydrogen) atoms. The van der Waals surface area contributed by atoms with Crippen LogP contribution in [0, 0.1) is 51.8 Å². The van der Waals surface area contributed by atoms with Gasteiger partial charge in [0.2, 0.25) is 0 Å². The lowest BCUT2D eigenvalue weighted by molar-refractivity contribution is -0.151. The molecule has 8 atom stereocenters. The van der Waals surface area contributed by atoms with Crippen LogP contribution in [0.4, 0.5) is 0 Å². The third-order valence-corrected chi connectivity index (χ3v) is 11.8. The molecule has 4 saturated carbocycles. The van der Waals surface area contributed by atoms with Crippen molar-refractivity contribution in [3.05, 3.63) is 11.6 Å². The highest BCUT2D eigenvalue weighted by atomic mass is 16.7. The fraction of sp³-hybridized carbons (Fsp3) is 0.889. The smallest absolute Gasteiger partial charge is 0.327 e. The topological polar surface area (TPSA) is 52.3 Å². The Hall–Kier alpha value is -0.830. The van der Waals surface area contributed by atoms with E-state index in [-0.39, 0.29) is 11.9 Å². The molecule has 0 radical (unpaired) electrons. The van der Waals surface area contributed by atoms with Gasteiger partial charge in [0.25, 0.3) is 0 Å². The first kappa shape index (κ1) is 21.0. The third-order valence-electron chi connectivity index (χ3n) is 11.8. The number of carbonyl (C=O) groups is 1. The molecular weight excluding hydrogens is 370 g/mol. The summed E-state index contributed by atoms with van der Waals surface area (Å²) in [6.45, 7) is 10.4. The van der Waals surface area contributed by atoms with E-state index < -0.39 is 0 Å². The van der Waals surface area contributed by atoms with Gasteiger partial charge >= 0.3 is 5.97 Å². The molecule has 5 aliphatic rings. The van der Waals surface area contributed by atoms with Gasteiger partial charge in [-0.1, -0.05) is 45.8 Å². The molecule has 3 heteroatoms. The van der Waals surface area contributed by atoms with E-state index in [0.29, 0.717) is 16.2 Å². The number of hydrogen-bond donors (Lipinski definition) is 1. The van der Waals surface area contributed by atoms with Crippen LogP contribution >= 0.6 is 0 Å². The molecule has 2 N–H and O–H groups in total. The van der Waals surface area contributed by atoms with Crippen LogP contribution in [0.15, 0.2) is 11.6 Å². The SMILES string of the molecule is CC(C1CCC2C3CC=C4CC(C(=O)ON)CCC4(C)C3CCC21C)C1(C)CCC1. The van der Waals surface area contributed by atoms with Crippen molar-refractivity contribution in [2.24, 2.45) is 57.6 Å². The lowest BCUT2D eigenvalue weighted by Crippen LogP contribution is -2.52. The highest BCUT2D eigenvalue weighted by molar-refractivity contribution is 5.72. The summed E-state index contributed by atoms with van der Waals surface area (Å²) in [6.07, 6.45) is 16.8. The number of fused-ring (bicyclic) bond motifs is 5. The Labute approximate surface area is 183 Å². The second-order valence-corrected chi connectivity index (χ2v) is 12.7. The number of carbonyl (C=O) groups excluding carboxylic acids is 1. The predicted molar refractivity (Wildman–Crippen MR) is 120 cm³/mol. The van der Waals surface area contributed by atoms with Crippen LogP contribution in [0.2, 0.25) is 0 Å². The molecule has 0 heterocycles. The molecule has 5 aliphatic carbocycles. The summed E-state index contributed by atoms with van der Waals surface area (Å²) in [6, 6.07) is 0. The maximum absolute atomic E-state index is 12.1. The van der Waals surface area contributed by atoms with Crippen LogP contribution in [0.25, 0.3) is 0 Å². The molecule has 3 nitrogen and oxygen atoms in total. The van der Waals surface area contributed by atoms with Gasteiger partial charge in [0, 0.05) is 0 Å². The van der Waals surface area contributed by atoms with Gasteiger partial charge in [0.05, 0.1) is 5.92 Å². The van der Waals surface area contributed by atoms with Crippen molar-refractivity contribution in [3.63, 3.8) is 0 Å². The van der Waals surface area contributed by atoms with Gasteiger partial charge in [-0.05, 0) is 110 Å². The molecule has 0 saturated heterocycles. The second kappa shape index (κ2) is 7.09. The summed E-state index contributed by atoms with van der Waals surface area (Å²) < 4.78 is 0. The summed E-state index contributed by atoms with van der Waals surface area (Å²) in [5, 5.41) is 0. The number of allylic oxidation sites excluding steroid dienone is 2. The van der Waals surface area contributed by atoms with Gasteiger partial charge in [-0.3, -0.25) is 4.79 Å². The van der Waals surface area contributed by atoms with Crippen LogP contribution in [0.3, 0.4) is 0 Å². The van der Waals surface area contributed by atoms with Gasteiger partial charge in [0.15, 0.2) is 0 Å². The maximum atomic E-state index is 12.1. The summed E-state index contributed by atoms with van der Waals surface area (Å²) in [5.74, 6) is 9.30. The molecule has 0 amide bonds. The zero-order chi connectivity index (χ0) is 21.3. The van der Waals surface area contributed by atoms with Gasteiger partial charge in [0.1, 0.15) is 0 Å². The minimum Gasteiger partial charge on any atom is -0.373 e. The Morgan fingerprint density at radius 3 is 2.50 bits per heavy atom. The van der Waals surface area contributed by atoms with E-state index >= 15 is 0 Å². The lowest BCUT2D eigenvalue weighted by atomic mass is 9.45. The Balaban J connectivity index is 1.38. The van der Waals surface area contributed by atoms with Crippen LogP contribution in [0.5, 0.6) is 0 Å². The number of nitrogens with two attached hydrogens (primary N) is 1. The fourth-order valence-corrected chi connectivity index (χ4v) is 9.50. The minimum absolute atomic E-state index is 0.0281. The average Bonchev–Trinajstić information content (AvgIpc) is 3.07. The van der Waals surface area contributed by atoms with E-state index in [0.717, 1.165) is 48.9 Å². The molecule has 8 unspecified atom stereocenters. The molecule has 0 spiro atoms. The van der Waals surface area contributed by atoms with Crippen molar-refractivity contribution >= 4 is 5.97 Å². The minimum atomic E-state index is -0.214. The standard InChI is InChI=1S/C27H43NO2/c1-17(25(2)12-5-13-25)21-8-9-22-20-7-6-19-16-18(24(29)30-28)10-14-26(19,3)23(20)11-15-27(21,22)4/h6,17-18,20-23H,5,7-16,28H2,1-4H3. The fourth-order valence-electron chi connectivity index (χ4n) is 9.50. The monoisotopic (exact) mass is 413 g/mol. The van der Waals surface area contributed by atoms with Crippen LogP contribution in [-0.2, 0) is 9.63 Å². The zero-order valence-electron chi connectivity index (χ0n) is 19.7. The summed E-state index contributed by atoms with van der Waals surface area (Å²) >= 11 is 0. The molecular formula is C27H43NO2. The molecule has 0 aromatic heterocycles. The van der Waals surface area contributed by atoms with E-state index in [1.165, 1.54) is 51.4 Å². The first-order valence-corrected chi connectivity index (χ1v) is 12.8. The molecule has 168 valence electrons. The van der Waals surface area contributed by atoms with Crippen molar-refractivity contribution in [2.75, 3.05) is 0 Å². The maximum Gasteiger partial charge on any atom is 0.327 e. The number of rotatable bonds is 3. The first-order valence-electron chi connectivity index (χ1n) is 12.8. The quantitative estimate of drug-likeness (QED) is 0.429. The van der Waals surface area contributed by atoms with E-state index in [9.17, 15) is 4.79 Å². The van der Waals surface area contributed by atoms with Crippen molar-refractivity contribution in [1.82, 2.24) is 0 Å². The van der Waals surface area contributed by atoms with Gasteiger partial charge < -0.3 is 4.84 Å². The van der Waals surface area contributed by atoms with Crippen molar-refractivity contribution < 1.29 is 9.63 Å². The Morgan fingerprint density at radius 1 is 1.07 bits per heavy atom. The van der Waals surface area contributed by atoms with Gasteiger partial charge in [-0.2, -0.15) is 5.90 Å². The summed E-state index contributed by atoms with van der Waals surface area (Å²) in [4.78, 5) is 16.6. The molecule has 0 bridgehead atoms. The lowest BCUT2D eigenvalue weighted by Gasteiger charge is -2.59. The van der Waals surface area contributed by atoms with Crippen LogP contribution in [0.1, 0.15) is 98.3 Å². The summed E-state index contributed by atoms with van der Waals surface area (Å²) in [7, 11) is 0. The predicted octanol–water partition coefficient (Wildman–Crippen LogP) is 6.42. The van der Waals surface area contributed by atoms with Gasteiger partial charge in [-0.15, -0.1) is 0 Å². The Morgan fingerprint density at radius 2 is 1.83 bits per heavy atom. The van der Waals surface area contributed by atoms with E-state index in [1.807, 2.05) is 0 Å². The normalized spacial score (nSPS) is 47.8. The van der Waals surface area contributed by atoms with Crippen molar-refractivity contribution in [3.8, 4) is 0 Å². The Kier molecular flexibility index (Phi) is 4.97. The first-order chi connectivity index (χ1) is 14.2. The van der Waals surface area contributed by atoms with Crippen LogP contribution < -0.4 is 5.90 Å². The zero-order valence-corrected chi connectivity index (χ0v) is 19.7. The Bertz CT molecular complexity index is 739. The second-order valence-electron chi connectivity index (χ2n) is 12.7. The van der Waals surface area contributed by atoms with Crippen molar-refractivity contribution in [2.45, 2.75) is 98.3 Å². The molecule has 0 aromatic rings. The third kappa shape index (κ3) is 2.82. The van der Waals surface area contributed by atoms with Crippen molar-refractivity contribution in [1.29, 1.82) is 0 Å². The summed E-state index contributed by atoms with van der Waals surface area (Å²) in [5.41, 5.74) is 2.99. The molecule has 0 aromatic carbocycles.